The molecule has 2 heterocycles. The number of carbonyl (C=O) groups excluding carboxylic acids is 3. The number of hydrogen-bond acceptors (Lipinski definition) is 5. The Morgan fingerprint density at radius 3 is 2.63 bits per heavy atom. The zero-order valence-electron chi connectivity index (χ0n) is 14.5. The van der Waals surface area contributed by atoms with E-state index in [2.05, 4.69) is 10.3 Å². The van der Waals surface area contributed by atoms with Gasteiger partial charge in [0.15, 0.2) is 0 Å². The number of nitrogens with two attached hydrogens (primary N) is 1. The van der Waals surface area contributed by atoms with Gasteiger partial charge in [-0.25, -0.2) is 0 Å². The zero-order valence-corrected chi connectivity index (χ0v) is 14.5. The van der Waals surface area contributed by atoms with Gasteiger partial charge >= 0.3 is 11.8 Å². The number of nitrogens with zero attached hydrogens (tertiary/aromatic N) is 2. The second kappa shape index (κ2) is 7.96. The lowest BCUT2D eigenvalue weighted by Crippen LogP contribution is -2.47. The molecule has 0 bridgehead atoms. The van der Waals surface area contributed by atoms with Gasteiger partial charge in [-0.1, -0.05) is 30.3 Å². The Morgan fingerprint density at radius 2 is 1.93 bits per heavy atom. The van der Waals surface area contributed by atoms with Crippen molar-refractivity contribution in [1.29, 1.82) is 0 Å². The van der Waals surface area contributed by atoms with Crippen molar-refractivity contribution >= 4 is 23.4 Å². The minimum atomic E-state index is -0.837. The van der Waals surface area contributed by atoms with Gasteiger partial charge < -0.3 is 21.1 Å². The predicted molar refractivity (Wildman–Crippen MR) is 97.5 cm³/mol. The molecule has 1 aliphatic rings. The molecule has 8 heteroatoms. The molecule has 1 saturated heterocycles. The highest BCUT2D eigenvalue weighted by Gasteiger charge is 2.34. The normalized spacial score (nSPS) is 19.4. The number of rotatable bonds is 3. The van der Waals surface area contributed by atoms with Crippen LogP contribution < -0.4 is 11.1 Å². The third-order valence-electron chi connectivity index (χ3n) is 4.49. The van der Waals surface area contributed by atoms with E-state index in [-0.39, 0.29) is 23.8 Å². The van der Waals surface area contributed by atoms with Gasteiger partial charge in [0.1, 0.15) is 0 Å². The number of piperidine rings is 1. The van der Waals surface area contributed by atoms with Crippen LogP contribution in [0.3, 0.4) is 0 Å². The fourth-order valence-electron chi connectivity index (χ4n) is 3.14. The quantitative estimate of drug-likeness (QED) is 0.692. The lowest BCUT2D eigenvalue weighted by molar-refractivity contribution is -0.147. The van der Waals surface area contributed by atoms with Gasteiger partial charge in [0, 0.05) is 12.7 Å². The van der Waals surface area contributed by atoms with E-state index in [0.717, 1.165) is 5.56 Å². The highest BCUT2D eigenvalue weighted by molar-refractivity contribution is 6.39. The Balaban J connectivity index is 1.77. The summed E-state index contributed by atoms with van der Waals surface area (Å²) in [5.41, 5.74) is 6.39. The summed E-state index contributed by atoms with van der Waals surface area (Å²) < 4.78 is 0. The number of aliphatic hydroxyl groups is 1. The fourth-order valence-corrected chi connectivity index (χ4v) is 3.14. The van der Waals surface area contributed by atoms with E-state index >= 15 is 0 Å². The first-order valence-electron chi connectivity index (χ1n) is 8.55. The molecule has 3 rings (SSSR count). The lowest BCUT2D eigenvalue weighted by atomic mass is 9.93. The molecule has 4 N–H and O–H groups in total. The summed E-state index contributed by atoms with van der Waals surface area (Å²) in [7, 11) is 0. The van der Waals surface area contributed by atoms with Crippen LogP contribution in [0.1, 0.15) is 34.8 Å². The second-order valence-corrected chi connectivity index (χ2v) is 6.38. The van der Waals surface area contributed by atoms with Gasteiger partial charge in [0.05, 0.1) is 29.6 Å². The van der Waals surface area contributed by atoms with Crippen molar-refractivity contribution in [3.05, 3.63) is 59.9 Å². The molecule has 27 heavy (non-hydrogen) atoms. The van der Waals surface area contributed by atoms with Crippen LogP contribution in [0, 0.1) is 0 Å². The Kier molecular flexibility index (Phi) is 5.46. The number of amides is 3. The van der Waals surface area contributed by atoms with E-state index in [9.17, 15) is 19.5 Å². The van der Waals surface area contributed by atoms with Crippen LogP contribution in [0.25, 0.3) is 0 Å². The molecule has 2 atom stereocenters. The third kappa shape index (κ3) is 4.29. The predicted octanol–water partition coefficient (Wildman–Crippen LogP) is 0.844. The van der Waals surface area contributed by atoms with Crippen molar-refractivity contribution in [2.45, 2.75) is 25.0 Å². The number of anilines is 1. The Bertz CT molecular complexity index is 856. The molecular formula is C19H20N4O4. The molecular weight excluding hydrogens is 348 g/mol. The molecule has 0 saturated carbocycles. The van der Waals surface area contributed by atoms with Crippen molar-refractivity contribution in [1.82, 2.24) is 9.88 Å². The van der Waals surface area contributed by atoms with Crippen LogP contribution in [0.5, 0.6) is 0 Å². The molecule has 0 spiro atoms. The van der Waals surface area contributed by atoms with Crippen molar-refractivity contribution < 1.29 is 19.5 Å². The van der Waals surface area contributed by atoms with Gasteiger partial charge in [-0.15, -0.1) is 0 Å². The highest BCUT2D eigenvalue weighted by Crippen LogP contribution is 2.31. The smallest absolute Gasteiger partial charge is 0.313 e. The number of hydrogen-bond donors (Lipinski definition) is 3. The summed E-state index contributed by atoms with van der Waals surface area (Å²) in [5.74, 6) is -2.23. The summed E-state index contributed by atoms with van der Waals surface area (Å²) >= 11 is 0. The number of likely N-dealkylation sites (tertiary alicyclic amines) is 1. The van der Waals surface area contributed by atoms with Crippen LogP contribution in [0.2, 0.25) is 0 Å². The van der Waals surface area contributed by atoms with Crippen molar-refractivity contribution in [2.75, 3.05) is 11.9 Å². The van der Waals surface area contributed by atoms with Crippen molar-refractivity contribution in [3.8, 4) is 0 Å². The van der Waals surface area contributed by atoms with Crippen LogP contribution >= 0.6 is 0 Å². The minimum absolute atomic E-state index is 0.128. The van der Waals surface area contributed by atoms with Gasteiger partial charge in [-0.2, -0.15) is 0 Å². The fraction of sp³-hybridized carbons (Fsp3) is 0.263. The van der Waals surface area contributed by atoms with E-state index in [0.29, 0.717) is 12.8 Å². The third-order valence-corrected chi connectivity index (χ3v) is 4.49. The van der Waals surface area contributed by atoms with Crippen LogP contribution in [0.4, 0.5) is 5.69 Å². The molecule has 0 radical (unpaired) electrons. The average Bonchev–Trinajstić information content (AvgIpc) is 2.68. The van der Waals surface area contributed by atoms with Crippen molar-refractivity contribution in [3.63, 3.8) is 0 Å². The van der Waals surface area contributed by atoms with Crippen molar-refractivity contribution in [2.24, 2.45) is 5.73 Å². The first-order chi connectivity index (χ1) is 13.0. The maximum Gasteiger partial charge on any atom is 0.313 e. The van der Waals surface area contributed by atoms with Crippen LogP contribution in [-0.2, 0) is 9.59 Å². The first kappa shape index (κ1) is 18.5. The van der Waals surface area contributed by atoms with Gasteiger partial charge in [-0.05, 0) is 24.5 Å². The monoisotopic (exact) mass is 368 g/mol. The number of aliphatic hydroxyl groups excluding tert-OH is 1. The van der Waals surface area contributed by atoms with E-state index < -0.39 is 23.8 Å². The van der Waals surface area contributed by atoms with Gasteiger partial charge in [-0.3, -0.25) is 19.4 Å². The molecule has 3 amide bonds. The summed E-state index contributed by atoms with van der Waals surface area (Å²) in [5, 5.41) is 12.5. The van der Waals surface area contributed by atoms with E-state index in [1.165, 1.54) is 23.4 Å². The SMILES string of the molecule is NC(=O)c1cncc(NC(=O)C(=O)N2CCC(O)CC2c2ccccc2)c1. The number of carbonyl (C=O) groups is 3. The number of pyridine rings is 1. The molecule has 1 aromatic carbocycles. The topological polar surface area (TPSA) is 126 Å². The largest absolute Gasteiger partial charge is 0.393 e. The number of aromatic nitrogens is 1. The lowest BCUT2D eigenvalue weighted by Gasteiger charge is -2.37. The van der Waals surface area contributed by atoms with Gasteiger partial charge in [0.2, 0.25) is 5.91 Å². The van der Waals surface area contributed by atoms with Crippen LogP contribution in [-0.4, -0.2) is 45.4 Å². The standard InChI is InChI=1S/C19H20N4O4/c20-17(25)13-8-14(11-21-10-13)22-18(26)19(27)23-7-6-15(24)9-16(23)12-4-2-1-3-5-12/h1-5,8,10-11,15-16,24H,6-7,9H2,(H2,20,25)(H,22,26). The van der Waals surface area contributed by atoms with E-state index in [1.54, 1.807) is 0 Å². The average molecular weight is 368 g/mol. The summed E-state index contributed by atoms with van der Waals surface area (Å²) in [6.07, 6.45) is 2.84. The molecule has 1 fully saturated rings. The molecule has 8 nitrogen and oxygen atoms in total. The molecule has 1 aliphatic heterocycles. The second-order valence-electron chi connectivity index (χ2n) is 6.38. The maximum absolute atomic E-state index is 12.7. The minimum Gasteiger partial charge on any atom is -0.393 e. The molecule has 140 valence electrons. The van der Waals surface area contributed by atoms with Gasteiger partial charge in [0.25, 0.3) is 0 Å². The number of nitrogens with one attached hydrogen (secondary N) is 1. The molecule has 1 aromatic heterocycles. The summed E-state index contributed by atoms with van der Waals surface area (Å²) in [6.45, 7) is 0.270. The molecule has 2 unspecified atom stereocenters. The Hall–Kier alpha value is -3.26. The molecule has 2 aromatic rings. The van der Waals surface area contributed by atoms with E-state index in [4.69, 9.17) is 5.73 Å². The molecule has 0 aliphatic carbocycles. The Labute approximate surface area is 156 Å². The number of primary amides is 1. The zero-order chi connectivity index (χ0) is 19.4. The Morgan fingerprint density at radius 1 is 1.19 bits per heavy atom. The summed E-state index contributed by atoms with van der Waals surface area (Å²) in [4.78, 5) is 41.7. The maximum atomic E-state index is 12.7. The van der Waals surface area contributed by atoms with Crippen LogP contribution in [0.15, 0.2) is 48.8 Å². The number of benzene rings is 1. The van der Waals surface area contributed by atoms with E-state index in [1.807, 2.05) is 30.3 Å². The summed E-state index contributed by atoms with van der Waals surface area (Å²) in [6, 6.07) is 10.3. The first-order valence-corrected chi connectivity index (χ1v) is 8.55. The highest BCUT2D eigenvalue weighted by atomic mass is 16.3.